The molecule has 4 heteroatoms. The molecule has 0 saturated heterocycles. The van der Waals surface area contributed by atoms with Gasteiger partial charge in [0.25, 0.3) is 0 Å². The molecule has 0 atom stereocenters. The Kier molecular flexibility index (Phi) is 8.78. The van der Waals surface area contributed by atoms with Gasteiger partial charge in [-0.15, -0.1) is 0 Å². The molecule has 15 heavy (non-hydrogen) atoms. The maximum Gasteiger partial charge on any atom is 0.0841 e. The van der Waals surface area contributed by atoms with Crippen LogP contribution in [0.5, 0.6) is 0 Å². The molecule has 0 aliphatic heterocycles. The zero-order valence-electron chi connectivity index (χ0n) is 9.40. The van der Waals surface area contributed by atoms with Gasteiger partial charge in [0.1, 0.15) is 0 Å². The number of halogens is 2. The highest BCUT2D eigenvalue weighted by atomic mass is 127. The maximum atomic E-state index is 7.16. The van der Waals surface area contributed by atoms with Crippen LogP contribution in [0.3, 0.4) is 0 Å². The molecule has 0 aromatic heterocycles. The van der Waals surface area contributed by atoms with E-state index in [2.05, 4.69) is 70.4 Å². The van der Waals surface area contributed by atoms with Gasteiger partial charge in [0, 0.05) is 19.2 Å². The molecule has 86 valence electrons. The van der Waals surface area contributed by atoms with E-state index in [0.717, 1.165) is 12.8 Å². The van der Waals surface area contributed by atoms with Crippen LogP contribution in [0.15, 0.2) is 22.9 Å². The minimum absolute atomic E-state index is 0.451. The van der Waals surface area contributed by atoms with E-state index in [0.29, 0.717) is 1.93 Å². The number of allylic oxidation sites excluding steroid dienone is 4. The van der Waals surface area contributed by atoms with Gasteiger partial charge in [-0.2, -0.15) is 0 Å². The molecule has 0 spiro atoms. The van der Waals surface area contributed by atoms with Crippen LogP contribution in [0.1, 0.15) is 26.7 Å². The largest absolute Gasteiger partial charge is 0.391 e. The Morgan fingerprint density at radius 1 is 1.47 bits per heavy atom. The lowest BCUT2D eigenvalue weighted by atomic mass is 10.1. The minimum Gasteiger partial charge on any atom is -0.391 e. The summed E-state index contributed by atoms with van der Waals surface area (Å²) >= 11 is 4.76. The van der Waals surface area contributed by atoms with Crippen LogP contribution in [0.4, 0.5) is 0 Å². The molecule has 2 N–H and O–H groups in total. The van der Waals surface area contributed by atoms with Crippen molar-refractivity contribution >= 4 is 51.4 Å². The third kappa shape index (κ3) is 5.89. The average Bonchev–Trinajstić information content (AvgIpc) is 2.18. The topological polar surface area (TPSA) is 35.9 Å². The second kappa shape index (κ2) is 8.55. The number of hydrogen-bond donors (Lipinski definition) is 2. The number of nitrogens with one attached hydrogen (secondary N) is 2. The fourth-order valence-corrected chi connectivity index (χ4v) is 2.21. The summed E-state index contributed by atoms with van der Waals surface area (Å²) < 4.78 is 0.451. The van der Waals surface area contributed by atoms with Crippen molar-refractivity contribution in [2.24, 2.45) is 0 Å². The number of alkyl halides is 2. The molecule has 0 saturated carbocycles. The van der Waals surface area contributed by atoms with Crippen molar-refractivity contribution in [2.45, 2.75) is 28.6 Å². The monoisotopic (exact) mass is 432 g/mol. The van der Waals surface area contributed by atoms with Gasteiger partial charge in [-0.1, -0.05) is 58.2 Å². The van der Waals surface area contributed by atoms with E-state index in [1.807, 2.05) is 7.05 Å². The molecular formula is C11H18I2N2. The van der Waals surface area contributed by atoms with Crippen LogP contribution >= 0.6 is 45.2 Å². The van der Waals surface area contributed by atoms with Crippen molar-refractivity contribution in [3.05, 3.63) is 22.9 Å². The zero-order valence-corrected chi connectivity index (χ0v) is 13.7. The standard InChI is InChI=1S/C11H18I2N2/c1-4-10(15-3)8(2)7-9(5-6-14)11(12)13/h6-7,11,14-15H,4-5H2,1-3H3/b9-7+,10-8-,14-6?. The fraction of sp³-hybridized carbons (Fsp3) is 0.545. The summed E-state index contributed by atoms with van der Waals surface area (Å²) in [5.74, 6) is 0. The lowest BCUT2D eigenvalue weighted by Crippen LogP contribution is -2.07. The summed E-state index contributed by atoms with van der Waals surface area (Å²) in [7, 11) is 1.96. The zero-order chi connectivity index (χ0) is 11.8. The van der Waals surface area contributed by atoms with Gasteiger partial charge < -0.3 is 10.7 Å². The molecule has 2 nitrogen and oxygen atoms in total. The molecule has 0 rings (SSSR count). The molecular weight excluding hydrogens is 414 g/mol. The predicted octanol–water partition coefficient (Wildman–Crippen LogP) is 4.05. The fourth-order valence-electron chi connectivity index (χ4n) is 1.35. The lowest BCUT2D eigenvalue weighted by Gasteiger charge is -2.10. The third-order valence-electron chi connectivity index (χ3n) is 2.15. The van der Waals surface area contributed by atoms with E-state index in [9.17, 15) is 0 Å². The van der Waals surface area contributed by atoms with Crippen molar-refractivity contribution < 1.29 is 0 Å². The molecule has 0 fully saturated rings. The van der Waals surface area contributed by atoms with Crippen LogP contribution in [0.25, 0.3) is 0 Å². The Hall–Kier alpha value is 0.410. The third-order valence-corrected chi connectivity index (χ3v) is 3.75. The maximum absolute atomic E-state index is 7.16. The highest BCUT2D eigenvalue weighted by molar-refractivity contribution is 14.2. The summed E-state index contributed by atoms with van der Waals surface area (Å²) in [6.07, 6.45) is 5.43. The quantitative estimate of drug-likeness (QED) is 0.283. The Morgan fingerprint density at radius 3 is 2.40 bits per heavy atom. The van der Waals surface area contributed by atoms with Gasteiger partial charge in [0.2, 0.25) is 0 Å². The van der Waals surface area contributed by atoms with Crippen molar-refractivity contribution in [3.8, 4) is 0 Å². The van der Waals surface area contributed by atoms with Gasteiger partial charge in [-0.25, -0.2) is 0 Å². The molecule has 0 amide bonds. The average molecular weight is 432 g/mol. The van der Waals surface area contributed by atoms with E-state index < -0.39 is 0 Å². The highest BCUT2D eigenvalue weighted by Gasteiger charge is 2.06. The number of hydrogen-bond acceptors (Lipinski definition) is 2. The summed E-state index contributed by atoms with van der Waals surface area (Å²) in [5, 5.41) is 10.4. The summed E-state index contributed by atoms with van der Waals surface area (Å²) in [6.45, 7) is 4.26. The summed E-state index contributed by atoms with van der Waals surface area (Å²) in [4.78, 5) is 0. The second-order valence-electron chi connectivity index (χ2n) is 3.19. The van der Waals surface area contributed by atoms with E-state index in [4.69, 9.17) is 5.41 Å². The minimum atomic E-state index is 0.451. The first-order valence-corrected chi connectivity index (χ1v) is 7.40. The van der Waals surface area contributed by atoms with Gasteiger partial charge >= 0.3 is 0 Å². The summed E-state index contributed by atoms with van der Waals surface area (Å²) in [5.41, 5.74) is 3.84. The van der Waals surface area contributed by atoms with E-state index in [-0.39, 0.29) is 0 Å². The van der Waals surface area contributed by atoms with Crippen molar-refractivity contribution in [3.63, 3.8) is 0 Å². The molecule has 0 aliphatic rings. The smallest absolute Gasteiger partial charge is 0.0841 e. The molecule has 0 aromatic carbocycles. The first-order valence-electron chi connectivity index (χ1n) is 4.91. The van der Waals surface area contributed by atoms with Crippen molar-refractivity contribution in [2.75, 3.05) is 7.05 Å². The van der Waals surface area contributed by atoms with Crippen LogP contribution < -0.4 is 5.32 Å². The van der Waals surface area contributed by atoms with E-state index in [1.165, 1.54) is 23.1 Å². The Balaban J connectivity index is 4.94. The molecule has 0 aromatic rings. The van der Waals surface area contributed by atoms with Crippen LogP contribution in [0, 0.1) is 5.41 Å². The molecule has 0 radical (unpaired) electrons. The van der Waals surface area contributed by atoms with Crippen LogP contribution in [-0.2, 0) is 0 Å². The Morgan fingerprint density at radius 2 is 2.07 bits per heavy atom. The van der Waals surface area contributed by atoms with Crippen LogP contribution in [0.2, 0.25) is 0 Å². The lowest BCUT2D eigenvalue weighted by molar-refractivity contribution is 0.882. The molecule has 0 aliphatic carbocycles. The summed E-state index contributed by atoms with van der Waals surface area (Å²) in [6, 6.07) is 0. The first-order chi connectivity index (χ1) is 7.06. The Labute approximate surface area is 120 Å². The second-order valence-corrected chi connectivity index (χ2v) is 8.07. The molecule has 0 unspecified atom stereocenters. The van der Waals surface area contributed by atoms with E-state index >= 15 is 0 Å². The van der Waals surface area contributed by atoms with Gasteiger partial charge in [0.05, 0.1) is 1.93 Å². The SMILES string of the molecule is CC/C(NC)=C(C)/C=C(\CC=N)C(I)I. The first kappa shape index (κ1) is 15.4. The predicted molar refractivity (Wildman–Crippen MR) is 85.4 cm³/mol. The van der Waals surface area contributed by atoms with Gasteiger partial charge in [-0.3, -0.25) is 0 Å². The van der Waals surface area contributed by atoms with Crippen molar-refractivity contribution in [1.82, 2.24) is 5.32 Å². The molecule has 0 heterocycles. The van der Waals surface area contributed by atoms with Crippen molar-refractivity contribution in [1.29, 1.82) is 5.41 Å². The van der Waals surface area contributed by atoms with Gasteiger partial charge in [-0.05, 0) is 30.7 Å². The highest BCUT2D eigenvalue weighted by Crippen LogP contribution is 2.24. The Bertz CT molecular complexity index is 262. The van der Waals surface area contributed by atoms with E-state index in [1.54, 1.807) is 0 Å². The van der Waals surface area contributed by atoms with Gasteiger partial charge in [0.15, 0.2) is 0 Å². The number of rotatable bonds is 6. The van der Waals surface area contributed by atoms with Crippen LogP contribution in [-0.4, -0.2) is 15.2 Å². The normalized spacial score (nSPS) is 13.9. The molecule has 0 bridgehead atoms.